The zero-order valence-corrected chi connectivity index (χ0v) is 14.2. The topological polar surface area (TPSA) is 49.0 Å². The third-order valence-corrected chi connectivity index (χ3v) is 5.44. The lowest BCUT2D eigenvalue weighted by atomic mass is 10.1. The minimum atomic E-state index is 0.101. The van der Waals surface area contributed by atoms with Gasteiger partial charge in [0.1, 0.15) is 10.7 Å². The van der Waals surface area contributed by atoms with E-state index in [2.05, 4.69) is 16.0 Å². The summed E-state index contributed by atoms with van der Waals surface area (Å²) < 4.78 is 0. The minimum Gasteiger partial charge on any atom is -0.350 e. The minimum absolute atomic E-state index is 0.101. The van der Waals surface area contributed by atoms with E-state index < -0.39 is 0 Å². The number of likely N-dealkylation sites (tertiary alicyclic amines) is 1. The second-order valence-electron chi connectivity index (χ2n) is 6.00. The van der Waals surface area contributed by atoms with Gasteiger partial charge in [-0.2, -0.15) is 0 Å². The quantitative estimate of drug-likeness (QED) is 0.773. The molecule has 3 aromatic rings. The number of nitrogens with zero attached hydrogens (tertiary/aromatic N) is 2. The average molecular weight is 337 g/mol. The zero-order valence-electron chi connectivity index (χ0n) is 13.4. The maximum atomic E-state index is 13.0. The molecule has 2 aromatic heterocycles. The van der Waals surface area contributed by atoms with E-state index in [0.29, 0.717) is 5.69 Å². The number of hydrogen-bond acceptors (Lipinski definition) is 3. The normalized spacial score (nSPS) is 14.9. The molecule has 24 heavy (non-hydrogen) atoms. The van der Waals surface area contributed by atoms with Crippen LogP contribution >= 0.6 is 11.8 Å². The number of hydrogen-bond donors (Lipinski definition) is 1. The van der Waals surface area contributed by atoms with Gasteiger partial charge in [-0.1, -0.05) is 36.0 Å². The van der Waals surface area contributed by atoms with E-state index in [1.807, 2.05) is 41.3 Å². The first-order valence-electron chi connectivity index (χ1n) is 8.32. The van der Waals surface area contributed by atoms with Gasteiger partial charge in [-0.05, 0) is 37.5 Å². The summed E-state index contributed by atoms with van der Waals surface area (Å²) in [5, 5.41) is 1.98. The summed E-state index contributed by atoms with van der Waals surface area (Å²) in [6.07, 6.45) is 5.18. The molecule has 1 aliphatic rings. The van der Waals surface area contributed by atoms with Crippen LogP contribution in [0.2, 0.25) is 0 Å². The molecule has 4 rings (SSSR count). The Morgan fingerprint density at radius 1 is 1.04 bits per heavy atom. The van der Waals surface area contributed by atoms with E-state index in [1.54, 1.807) is 18.0 Å². The predicted octanol–water partition coefficient (Wildman–Crippen LogP) is 4.34. The second kappa shape index (κ2) is 6.69. The maximum absolute atomic E-state index is 13.0. The summed E-state index contributed by atoms with van der Waals surface area (Å²) in [4.78, 5) is 23.7. The van der Waals surface area contributed by atoms with Crippen molar-refractivity contribution in [3.05, 3.63) is 54.4 Å². The van der Waals surface area contributed by atoms with Gasteiger partial charge in [-0.3, -0.25) is 4.79 Å². The highest BCUT2D eigenvalue weighted by Crippen LogP contribution is 2.36. The van der Waals surface area contributed by atoms with Crippen LogP contribution in [0.5, 0.6) is 0 Å². The molecule has 1 amide bonds. The van der Waals surface area contributed by atoms with Crippen LogP contribution in [-0.2, 0) is 0 Å². The molecule has 1 N–H and O–H groups in total. The highest BCUT2D eigenvalue weighted by atomic mass is 32.2. The monoisotopic (exact) mass is 337 g/mol. The van der Waals surface area contributed by atoms with Crippen LogP contribution < -0.4 is 0 Å². The van der Waals surface area contributed by atoms with E-state index in [0.717, 1.165) is 46.8 Å². The number of carbonyl (C=O) groups excluding carboxylic acids is 1. The fourth-order valence-corrected chi connectivity index (χ4v) is 4.14. The molecular weight excluding hydrogens is 318 g/mol. The van der Waals surface area contributed by atoms with Crippen molar-refractivity contribution in [1.82, 2.24) is 14.9 Å². The zero-order chi connectivity index (χ0) is 16.4. The number of H-pyrrole nitrogens is 1. The van der Waals surface area contributed by atoms with Gasteiger partial charge in [0, 0.05) is 30.2 Å². The van der Waals surface area contributed by atoms with Gasteiger partial charge >= 0.3 is 0 Å². The molecule has 0 spiro atoms. The number of amides is 1. The van der Waals surface area contributed by atoms with Gasteiger partial charge in [-0.25, -0.2) is 4.98 Å². The highest BCUT2D eigenvalue weighted by Gasteiger charge is 2.24. The number of para-hydroxylation sites is 1. The van der Waals surface area contributed by atoms with Crippen LogP contribution in [0.4, 0.5) is 0 Å². The fourth-order valence-electron chi connectivity index (χ4n) is 3.14. The molecule has 1 aromatic carbocycles. The van der Waals surface area contributed by atoms with Crippen molar-refractivity contribution in [2.45, 2.75) is 29.2 Å². The Kier molecular flexibility index (Phi) is 4.26. The molecule has 4 nitrogen and oxygen atoms in total. The Morgan fingerprint density at radius 2 is 1.83 bits per heavy atom. The van der Waals surface area contributed by atoms with E-state index in [-0.39, 0.29) is 5.91 Å². The summed E-state index contributed by atoms with van der Waals surface area (Å²) >= 11 is 1.55. The molecule has 0 bridgehead atoms. The van der Waals surface area contributed by atoms with Gasteiger partial charge in [0.2, 0.25) is 0 Å². The van der Waals surface area contributed by atoms with Crippen LogP contribution in [0.1, 0.15) is 29.8 Å². The first-order valence-corrected chi connectivity index (χ1v) is 9.13. The van der Waals surface area contributed by atoms with Crippen LogP contribution in [0.25, 0.3) is 10.9 Å². The molecule has 5 heteroatoms. The molecule has 3 heterocycles. The second-order valence-corrected chi connectivity index (χ2v) is 7.03. The van der Waals surface area contributed by atoms with Crippen molar-refractivity contribution < 1.29 is 4.79 Å². The average Bonchev–Trinajstić information content (AvgIpc) is 3.01. The van der Waals surface area contributed by atoms with E-state index in [4.69, 9.17) is 0 Å². The summed E-state index contributed by atoms with van der Waals surface area (Å²) in [6, 6.07) is 13.9. The lowest BCUT2D eigenvalue weighted by Gasteiger charge is -2.26. The Morgan fingerprint density at radius 3 is 2.62 bits per heavy atom. The molecule has 1 aliphatic heterocycles. The summed E-state index contributed by atoms with van der Waals surface area (Å²) in [6.45, 7) is 1.70. The number of benzene rings is 1. The summed E-state index contributed by atoms with van der Waals surface area (Å²) in [7, 11) is 0. The van der Waals surface area contributed by atoms with Gasteiger partial charge in [0.05, 0.1) is 4.90 Å². The number of nitrogens with one attached hydrogen (secondary N) is 1. The molecule has 1 saturated heterocycles. The van der Waals surface area contributed by atoms with Crippen molar-refractivity contribution in [1.29, 1.82) is 0 Å². The van der Waals surface area contributed by atoms with Gasteiger partial charge in [0.25, 0.3) is 5.91 Å². The number of aromatic nitrogens is 2. The molecule has 0 unspecified atom stereocenters. The summed E-state index contributed by atoms with van der Waals surface area (Å²) in [5.41, 5.74) is 1.69. The van der Waals surface area contributed by atoms with Crippen molar-refractivity contribution in [3.8, 4) is 0 Å². The van der Waals surface area contributed by atoms with Gasteiger partial charge in [-0.15, -0.1) is 0 Å². The predicted molar refractivity (Wildman–Crippen MR) is 96.4 cm³/mol. The van der Waals surface area contributed by atoms with Crippen molar-refractivity contribution in [2.24, 2.45) is 0 Å². The third kappa shape index (κ3) is 2.91. The van der Waals surface area contributed by atoms with Crippen molar-refractivity contribution >= 4 is 28.6 Å². The standard InChI is InChI=1S/C19H19N3OS/c23-19(22-12-6-1-7-13-22)17-18(24-16-10-4-5-11-20-16)14-8-2-3-9-15(14)21-17/h2-5,8-11,21H,1,6-7,12-13H2. The van der Waals surface area contributed by atoms with E-state index in [1.165, 1.54) is 6.42 Å². The Labute approximate surface area is 145 Å². The van der Waals surface area contributed by atoms with Crippen LogP contribution in [0, 0.1) is 0 Å². The van der Waals surface area contributed by atoms with Gasteiger partial charge < -0.3 is 9.88 Å². The molecule has 1 fully saturated rings. The van der Waals surface area contributed by atoms with Crippen LogP contribution in [-0.4, -0.2) is 33.9 Å². The Bertz CT molecular complexity index is 853. The Balaban J connectivity index is 1.76. The largest absolute Gasteiger partial charge is 0.350 e. The van der Waals surface area contributed by atoms with Gasteiger partial charge in [0.15, 0.2) is 0 Å². The molecule has 0 aliphatic carbocycles. The number of piperidine rings is 1. The molecule has 0 saturated carbocycles. The fraction of sp³-hybridized carbons (Fsp3) is 0.263. The molecule has 0 atom stereocenters. The lowest BCUT2D eigenvalue weighted by molar-refractivity contribution is 0.0716. The van der Waals surface area contributed by atoms with Crippen LogP contribution in [0.15, 0.2) is 58.6 Å². The number of carbonyl (C=O) groups is 1. The number of rotatable bonds is 3. The molecule has 0 radical (unpaired) electrons. The SMILES string of the molecule is O=C(c1[nH]c2ccccc2c1Sc1ccccn1)N1CCCCC1. The smallest absolute Gasteiger partial charge is 0.271 e. The van der Waals surface area contributed by atoms with Crippen molar-refractivity contribution in [3.63, 3.8) is 0 Å². The maximum Gasteiger partial charge on any atom is 0.271 e. The van der Waals surface area contributed by atoms with Crippen LogP contribution in [0.3, 0.4) is 0 Å². The molecule has 122 valence electrons. The number of aromatic amines is 1. The first kappa shape index (κ1) is 15.3. The number of fused-ring (bicyclic) bond motifs is 1. The molecular formula is C19H19N3OS. The van der Waals surface area contributed by atoms with Crippen molar-refractivity contribution in [2.75, 3.05) is 13.1 Å². The first-order chi connectivity index (χ1) is 11.8. The summed E-state index contributed by atoms with van der Waals surface area (Å²) in [5.74, 6) is 0.101. The number of pyridine rings is 1. The van der Waals surface area contributed by atoms with E-state index >= 15 is 0 Å². The Hall–Kier alpha value is -2.27. The highest BCUT2D eigenvalue weighted by molar-refractivity contribution is 7.99. The lowest BCUT2D eigenvalue weighted by Crippen LogP contribution is -2.36. The third-order valence-electron chi connectivity index (χ3n) is 4.36. The van der Waals surface area contributed by atoms with E-state index in [9.17, 15) is 4.79 Å².